The fourth-order valence-corrected chi connectivity index (χ4v) is 4.00. The molecule has 0 unspecified atom stereocenters. The van der Waals surface area contributed by atoms with Crippen LogP contribution >= 0.6 is 0 Å². The first-order valence-electron chi connectivity index (χ1n) is 10.7. The van der Waals surface area contributed by atoms with Gasteiger partial charge in [0, 0.05) is 35.3 Å². The first-order valence-corrected chi connectivity index (χ1v) is 10.7. The Balaban J connectivity index is 1.48. The molecule has 33 heavy (non-hydrogen) atoms. The molecule has 0 saturated heterocycles. The van der Waals surface area contributed by atoms with Crippen molar-refractivity contribution in [1.29, 1.82) is 0 Å². The summed E-state index contributed by atoms with van der Waals surface area (Å²) in [4.78, 5) is 19.8. The lowest BCUT2D eigenvalue weighted by molar-refractivity contribution is 0.331. The number of nitrogen functional groups attached to an aromatic ring is 1. The number of nitrogens with two attached hydrogens (primary N) is 1. The number of aromatic nitrogens is 4. The molecule has 1 aliphatic heterocycles. The summed E-state index contributed by atoms with van der Waals surface area (Å²) in [6, 6.07) is 12.6. The largest absolute Gasteiger partial charge is 0.491 e. The van der Waals surface area contributed by atoms with Crippen LogP contribution in [0.3, 0.4) is 0 Å². The summed E-state index contributed by atoms with van der Waals surface area (Å²) in [5, 5.41) is 0. The summed E-state index contributed by atoms with van der Waals surface area (Å²) in [7, 11) is 0. The molecule has 1 aliphatic rings. The maximum absolute atomic E-state index is 13.4. The molecule has 3 heterocycles. The average molecular weight is 442 g/mol. The Kier molecular flexibility index (Phi) is 5.56. The fourth-order valence-electron chi connectivity index (χ4n) is 4.00. The molecule has 2 N–H and O–H groups in total. The van der Waals surface area contributed by atoms with E-state index in [1.165, 1.54) is 12.1 Å². The van der Waals surface area contributed by atoms with E-state index in [1.54, 1.807) is 30.9 Å². The highest BCUT2D eigenvalue weighted by Gasteiger charge is 2.21. The zero-order valence-corrected chi connectivity index (χ0v) is 18.2. The summed E-state index contributed by atoms with van der Waals surface area (Å²) in [5.74, 6) is 1.84. The Morgan fingerprint density at radius 1 is 1.03 bits per heavy atom. The lowest BCUT2D eigenvalue weighted by Crippen LogP contribution is -2.28. The first-order chi connectivity index (χ1) is 16.1. The number of anilines is 2. The number of ether oxygens (including phenoxy) is 1. The van der Waals surface area contributed by atoms with Crippen LogP contribution in [-0.4, -0.2) is 33.1 Å². The topological polar surface area (TPSA) is 90.0 Å². The molecule has 4 aromatic rings. The number of hydrogen-bond donors (Lipinski definition) is 1. The van der Waals surface area contributed by atoms with Crippen molar-refractivity contribution in [3.8, 4) is 17.0 Å². The van der Waals surface area contributed by atoms with E-state index in [9.17, 15) is 4.39 Å². The van der Waals surface area contributed by atoms with Crippen molar-refractivity contribution >= 4 is 11.6 Å². The molecule has 0 atom stereocenters. The average Bonchev–Trinajstić information content (AvgIpc) is 3.04. The van der Waals surface area contributed by atoms with Crippen LogP contribution < -0.4 is 15.4 Å². The molecule has 0 aliphatic carbocycles. The van der Waals surface area contributed by atoms with Crippen molar-refractivity contribution in [2.75, 3.05) is 23.8 Å². The van der Waals surface area contributed by atoms with Gasteiger partial charge in [-0.25, -0.2) is 19.3 Å². The van der Waals surface area contributed by atoms with Gasteiger partial charge in [0.2, 0.25) is 0 Å². The Morgan fingerprint density at radius 2 is 1.88 bits per heavy atom. The number of nitrogens with zero attached hydrogens (tertiary/aromatic N) is 5. The summed E-state index contributed by atoms with van der Waals surface area (Å²) in [6.45, 7) is 3.81. The van der Waals surface area contributed by atoms with Crippen LogP contribution in [0.4, 0.5) is 16.0 Å². The van der Waals surface area contributed by atoms with Gasteiger partial charge in [-0.15, -0.1) is 0 Å². The molecule has 0 amide bonds. The van der Waals surface area contributed by atoms with E-state index in [0.717, 1.165) is 45.2 Å². The summed E-state index contributed by atoms with van der Waals surface area (Å²) < 4.78 is 19.4. The Labute approximate surface area is 191 Å². The molecule has 2 aromatic carbocycles. The van der Waals surface area contributed by atoms with Crippen molar-refractivity contribution in [1.82, 2.24) is 19.9 Å². The highest BCUT2D eigenvalue weighted by Crippen LogP contribution is 2.31. The zero-order chi connectivity index (χ0) is 22.8. The molecule has 7 nitrogen and oxygen atoms in total. The van der Waals surface area contributed by atoms with E-state index in [1.807, 2.05) is 19.1 Å². The Hall–Kier alpha value is -4.07. The minimum Gasteiger partial charge on any atom is -0.491 e. The number of benzene rings is 2. The van der Waals surface area contributed by atoms with E-state index < -0.39 is 0 Å². The number of hydrogen-bond acceptors (Lipinski definition) is 7. The second-order valence-electron chi connectivity index (χ2n) is 7.98. The van der Waals surface area contributed by atoms with Gasteiger partial charge in [0.05, 0.1) is 24.6 Å². The van der Waals surface area contributed by atoms with Gasteiger partial charge in [0.25, 0.3) is 0 Å². The molecule has 2 aromatic heterocycles. The number of halogens is 1. The van der Waals surface area contributed by atoms with Gasteiger partial charge in [0.1, 0.15) is 36.1 Å². The van der Waals surface area contributed by atoms with Crippen LogP contribution in [-0.2, 0) is 13.0 Å². The SMILES string of the molecule is Cc1ncnc(N2CCOc3ccc(-c4cnc(N)cn4)cc3C2)c1Cc1ccc(F)cc1. The predicted molar refractivity (Wildman–Crippen MR) is 124 cm³/mol. The maximum Gasteiger partial charge on any atom is 0.141 e. The monoisotopic (exact) mass is 442 g/mol. The van der Waals surface area contributed by atoms with Crippen LogP contribution in [0.5, 0.6) is 5.75 Å². The Morgan fingerprint density at radius 3 is 2.67 bits per heavy atom. The smallest absolute Gasteiger partial charge is 0.141 e. The first kappa shape index (κ1) is 20.8. The van der Waals surface area contributed by atoms with Crippen molar-refractivity contribution in [3.05, 3.63) is 89.4 Å². The van der Waals surface area contributed by atoms with Crippen molar-refractivity contribution in [2.24, 2.45) is 0 Å². The number of aryl methyl sites for hydroxylation is 1. The zero-order valence-electron chi connectivity index (χ0n) is 18.2. The molecule has 0 saturated carbocycles. The molecule has 5 rings (SSSR count). The predicted octanol–water partition coefficient (Wildman–Crippen LogP) is 3.95. The number of rotatable bonds is 4. The van der Waals surface area contributed by atoms with Gasteiger partial charge >= 0.3 is 0 Å². The van der Waals surface area contributed by atoms with Crippen molar-refractivity contribution < 1.29 is 9.13 Å². The van der Waals surface area contributed by atoms with E-state index in [0.29, 0.717) is 31.9 Å². The van der Waals surface area contributed by atoms with E-state index in [-0.39, 0.29) is 5.82 Å². The van der Waals surface area contributed by atoms with E-state index >= 15 is 0 Å². The maximum atomic E-state index is 13.4. The van der Waals surface area contributed by atoms with Gasteiger partial charge in [-0.1, -0.05) is 12.1 Å². The summed E-state index contributed by atoms with van der Waals surface area (Å²) in [6.07, 6.45) is 5.43. The van der Waals surface area contributed by atoms with E-state index in [2.05, 4.69) is 30.9 Å². The lowest BCUT2D eigenvalue weighted by atomic mass is 10.0. The van der Waals surface area contributed by atoms with Crippen molar-refractivity contribution in [2.45, 2.75) is 19.9 Å². The third kappa shape index (κ3) is 4.45. The van der Waals surface area contributed by atoms with Crippen LogP contribution in [0.15, 0.2) is 61.2 Å². The van der Waals surface area contributed by atoms with Crippen LogP contribution in [0.25, 0.3) is 11.3 Å². The van der Waals surface area contributed by atoms with Gasteiger partial charge in [-0.05, 0) is 42.8 Å². The molecule has 0 fully saturated rings. The second kappa shape index (κ2) is 8.82. The number of fused-ring (bicyclic) bond motifs is 1. The summed E-state index contributed by atoms with van der Waals surface area (Å²) in [5.41, 5.74) is 11.3. The van der Waals surface area contributed by atoms with E-state index in [4.69, 9.17) is 10.5 Å². The van der Waals surface area contributed by atoms with Gasteiger partial charge in [-0.2, -0.15) is 0 Å². The van der Waals surface area contributed by atoms with Gasteiger partial charge < -0.3 is 15.4 Å². The fraction of sp³-hybridized carbons (Fsp3) is 0.200. The molecule has 0 radical (unpaired) electrons. The molecule has 166 valence electrons. The molecular weight excluding hydrogens is 419 g/mol. The van der Waals surface area contributed by atoms with Gasteiger partial charge in [0.15, 0.2) is 0 Å². The summed E-state index contributed by atoms with van der Waals surface area (Å²) >= 11 is 0. The molecular formula is C25H23FN6O. The molecule has 8 heteroatoms. The highest BCUT2D eigenvalue weighted by atomic mass is 19.1. The quantitative estimate of drug-likeness (QED) is 0.512. The normalized spacial score (nSPS) is 13.2. The third-order valence-electron chi connectivity index (χ3n) is 5.74. The van der Waals surface area contributed by atoms with Gasteiger partial charge in [-0.3, -0.25) is 4.98 Å². The molecule has 0 spiro atoms. The molecule has 0 bridgehead atoms. The van der Waals surface area contributed by atoms with Crippen LogP contribution in [0, 0.1) is 12.7 Å². The van der Waals surface area contributed by atoms with Crippen LogP contribution in [0.1, 0.15) is 22.4 Å². The second-order valence-corrected chi connectivity index (χ2v) is 7.98. The highest BCUT2D eigenvalue weighted by molar-refractivity contribution is 5.63. The lowest BCUT2D eigenvalue weighted by Gasteiger charge is -2.24. The standard InChI is InChI=1S/C25H23FN6O/c1-16-21(10-17-2-5-20(26)6-3-17)25(31-15-30-16)32-8-9-33-23-7-4-18(11-19(23)14-32)22-12-29-24(27)13-28-22/h2-7,11-13,15H,8-10,14H2,1H3,(H2,27,29). The minimum atomic E-state index is -0.247. The minimum absolute atomic E-state index is 0.247. The van der Waals surface area contributed by atoms with Crippen molar-refractivity contribution in [3.63, 3.8) is 0 Å². The third-order valence-corrected chi connectivity index (χ3v) is 5.74. The van der Waals surface area contributed by atoms with Crippen LogP contribution in [0.2, 0.25) is 0 Å². The Bertz CT molecular complexity index is 1280.